The second kappa shape index (κ2) is 7.43. The Balaban J connectivity index is 2.31. The molecule has 0 atom stereocenters. The van der Waals surface area contributed by atoms with Crippen LogP contribution in [0.15, 0.2) is 36.4 Å². The Bertz CT molecular complexity index is 598. The number of anilines is 1. The molecular weight excluding hydrogens is 282 g/mol. The largest absolute Gasteiger partial charge is 0.366 e. The number of nitrogens with one attached hydrogen (secondary N) is 1. The highest BCUT2D eigenvalue weighted by atomic mass is 35.5. The molecule has 0 fully saturated rings. The molecule has 0 saturated carbocycles. The van der Waals surface area contributed by atoms with Crippen molar-refractivity contribution in [3.05, 3.63) is 58.4 Å². The van der Waals surface area contributed by atoms with E-state index in [0.29, 0.717) is 0 Å². The quantitative estimate of drug-likeness (QED) is 0.880. The average Bonchev–Trinajstić information content (AvgIpc) is 2.47. The fourth-order valence-corrected chi connectivity index (χ4v) is 2.68. The lowest BCUT2D eigenvalue weighted by molar-refractivity contribution is 0.774. The van der Waals surface area contributed by atoms with Crippen LogP contribution in [0.1, 0.15) is 23.9 Å². The molecule has 21 heavy (non-hydrogen) atoms. The van der Waals surface area contributed by atoms with Crippen molar-refractivity contribution in [2.24, 2.45) is 0 Å². The molecule has 0 saturated heterocycles. The third-order valence-corrected chi connectivity index (χ3v) is 3.82. The number of aryl methyl sites for hydroxylation is 1. The van der Waals surface area contributed by atoms with Gasteiger partial charge in [-0.3, -0.25) is 4.98 Å². The summed E-state index contributed by atoms with van der Waals surface area (Å²) in [6, 6.07) is 12.2. The number of hydrogen-bond acceptors (Lipinski definition) is 3. The van der Waals surface area contributed by atoms with Gasteiger partial charge in [-0.25, -0.2) is 0 Å². The predicted octanol–water partition coefficient (Wildman–Crippen LogP) is 3.79. The van der Waals surface area contributed by atoms with Gasteiger partial charge in [-0.05, 0) is 45.2 Å². The van der Waals surface area contributed by atoms with E-state index in [2.05, 4.69) is 40.3 Å². The number of benzene rings is 1. The van der Waals surface area contributed by atoms with Crippen LogP contribution in [0, 0.1) is 6.92 Å². The molecule has 0 amide bonds. The van der Waals surface area contributed by atoms with Gasteiger partial charge in [-0.2, -0.15) is 0 Å². The number of nitrogens with zero attached hydrogens (tertiary/aromatic N) is 2. The Morgan fingerprint density at radius 3 is 2.62 bits per heavy atom. The highest BCUT2D eigenvalue weighted by molar-refractivity contribution is 6.31. The maximum absolute atomic E-state index is 6.36. The zero-order chi connectivity index (χ0) is 15.2. The molecule has 4 heteroatoms. The van der Waals surface area contributed by atoms with E-state index < -0.39 is 0 Å². The van der Waals surface area contributed by atoms with Gasteiger partial charge in [-0.1, -0.05) is 23.7 Å². The molecule has 0 aliphatic heterocycles. The van der Waals surface area contributed by atoms with Gasteiger partial charge in [0, 0.05) is 35.1 Å². The standard InChI is InChI=1S/C17H22ClN3/c1-4-21(12-14-8-5-7-13(2)20-14)17-10-6-9-16(18)15(17)11-19-3/h5-10,19H,4,11-12H2,1-3H3. The van der Waals surface area contributed by atoms with Gasteiger partial charge in [-0.15, -0.1) is 0 Å². The molecular formula is C17H22ClN3. The second-order valence-electron chi connectivity index (χ2n) is 5.05. The Hall–Kier alpha value is -1.58. The lowest BCUT2D eigenvalue weighted by Crippen LogP contribution is -2.25. The van der Waals surface area contributed by atoms with Gasteiger partial charge in [0.25, 0.3) is 0 Å². The lowest BCUT2D eigenvalue weighted by Gasteiger charge is -2.26. The van der Waals surface area contributed by atoms with Crippen LogP contribution in [0.2, 0.25) is 5.02 Å². The minimum Gasteiger partial charge on any atom is -0.366 e. The number of halogens is 1. The van der Waals surface area contributed by atoms with Crippen LogP contribution in [0.3, 0.4) is 0 Å². The van der Waals surface area contributed by atoms with Crippen LogP contribution in [0.25, 0.3) is 0 Å². The van der Waals surface area contributed by atoms with Crippen molar-refractivity contribution in [2.75, 3.05) is 18.5 Å². The summed E-state index contributed by atoms with van der Waals surface area (Å²) in [6.07, 6.45) is 0. The van der Waals surface area contributed by atoms with Gasteiger partial charge in [0.15, 0.2) is 0 Å². The van der Waals surface area contributed by atoms with Crippen LogP contribution in [-0.2, 0) is 13.1 Å². The molecule has 0 bridgehead atoms. The summed E-state index contributed by atoms with van der Waals surface area (Å²) in [7, 11) is 1.94. The molecule has 3 nitrogen and oxygen atoms in total. The third-order valence-electron chi connectivity index (χ3n) is 3.47. The Morgan fingerprint density at radius 1 is 1.19 bits per heavy atom. The normalized spacial score (nSPS) is 10.7. The fraction of sp³-hybridized carbons (Fsp3) is 0.353. The monoisotopic (exact) mass is 303 g/mol. The first-order valence-corrected chi connectivity index (χ1v) is 7.63. The van der Waals surface area contributed by atoms with Crippen molar-refractivity contribution >= 4 is 17.3 Å². The number of rotatable bonds is 6. The molecule has 2 aromatic rings. The molecule has 1 heterocycles. The summed E-state index contributed by atoms with van der Waals surface area (Å²) in [6.45, 7) is 6.63. The van der Waals surface area contributed by atoms with Crippen LogP contribution >= 0.6 is 11.6 Å². The van der Waals surface area contributed by atoms with Crippen molar-refractivity contribution in [2.45, 2.75) is 26.9 Å². The summed E-state index contributed by atoms with van der Waals surface area (Å²) in [5.41, 5.74) is 4.43. The zero-order valence-electron chi connectivity index (χ0n) is 12.9. The Kier molecular flexibility index (Phi) is 5.59. The SMILES string of the molecule is CCN(Cc1cccc(C)n1)c1cccc(Cl)c1CNC. The van der Waals surface area contributed by atoms with Crippen LogP contribution in [-0.4, -0.2) is 18.6 Å². The minimum atomic E-state index is 0.757. The van der Waals surface area contributed by atoms with Crippen LogP contribution in [0.4, 0.5) is 5.69 Å². The Morgan fingerprint density at radius 2 is 1.95 bits per heavy atom. The fourth-order valence-electron chi connectivity index (χ4n) is 2.45. The highest BCUT2D eigenvalue weighted by Gasteiger charge is 2.13. The number of aromatic nitrogens is 1. The molecule has 112 valence electrons. The first-order valence-electron chi connectivity index (χ1n) is 7.25. The smallest absolute Gasteiger partial charge is 0.0602 e. The van der Waals surface area contributed by atoms with E-state index in [4.69, 9.17) is 11.6 Å². The van der Waals surface area contributed by atoms with E-state index in [1.807, 2.05) is 32.2 Å². The first kappa shape index (κ1) is 15.8. The first-order chi connectivity index (χ1) is 10.2. The minimum absolute atomic E-state index is 0.757. The lowest BCUT2D eigenvalue weighted by atomic mass is 10.1. The van der Waals surface area contributed by atoms with E-state index in [9.17, 15) is 0 Å². The summed E-state index contributed by atoms with van der Waals surface area (Å²) >= 11 is 6.36. The number of pyridine rings is 1. The van der Waals surface area contributed by atoms with Crippen molar-refractivity contribution in [1.82, 2.24) is 10.3 Å². The van der Waals surface area contributed by atoms with E-state index in [1.165, 1.54) is 5.69 Å². The maximum Gasteiger partial charge on any atom is 0.0602 e. The second-order valence-corrected chi connectivity index (χ2v) is 5.46. The molecule has 1 aromatic heterocycles. The average molecular weight is 304 g/mol. The van der Waals surface area contributed by atoms with Gasteiger partial charge in [0.2, 0.25) is 0 Å². The molecule has 0 aliphatic carbocycles. The van der Waals surface area contributed by atoms with Gasteiger partial charge in [0.1, 0.15) is 0 Å². The highest BCUT2D eigenvalue weighted by Crippen LogP contribution is 2.28. The van der Waals surface area contributed by atoms with E-state index in [-0.39, 0.29) is 0 Å². The van der Waals surface area contributed by atoms with Gasteiger partial charge < -0.3 is 10.2 Å². The van der Waals surface area contributed by atoms with E-state index in [0.717, 1.165) is 41.6 Å². The third kappa shape index (κ3) is 3.96. The summed E-state index contributed by atoms with van der Waals surface area (Å²) in [5.74, 6) is 0. The van der Waals surface area contributed by atoms with Crippen molar-refractivity contribution in [1.29, 1.82) is 0 Å². The van der Waals surface area contributed by atoms with Crippen molar-refractivity contribution < 1.29 is 0 Å². The van der Waals surface area contributed by atoms with Gasteiger partial charge >= 0.3 is 0 Å². The van der Waals surface area contributed by atoms with Crippen molar-refractivity contribution in [3.63, 3.8) is 0 Å². The molecule has 0 spiro atoms. The van der Waals surface area contributed by atoms with E-state index >= 15 is 0 Å². The maximum atomic E-state index is 6.36. The predicted molar refractivity (Wildman–Crippen MR) is 89.9 cm³/mol. The van der Waals surface area contributed by atoms with Crippen LogP contribution < -0.4 is 10.2 Å². The summed E-state index contributed by atoms with van der Waals surface area (Å²) in [5, 5.41) is 3.99. The molecule has 1 N–H and O–H groups in total. The Labute approximate surface area is 132 Å². The molecule has 2 rings (SSSR count). The topological polar surface area (TPSA) is 28.2 Å². The van der Waals surface area contributed by atoms with Crippen molar-refractivity contribution in [3.8, 4) is 0 Å². The van der Waals surface area contributed by atoms with Gasteiger partial charge in [0.05, 0.1) is 12.2 Å². The van der Waals surface area contributed by atoms with Crippen LogP contribution in [0.5, 0.6) is 0 Å². The summed E-state index contributed by atoms with van der Waals surface area (Å²) in [4.78, 5) is 6.90. The molecule has 0 radical (unpaired) electrons. The zero-order valence-corrected chi connectivity index (χ0v) is 13.6. The molecule has 1 aromatic carbocycles. The summed E-state index contributed by atoms with van der Waals surface area (Å²) < 4.78 is 0. The molecule has 0 unspecified atom stereocenters. The number of hydrogen-bond donors (Lipinski definition) is 1. The van der Waals surface area contributed by atoms with E-state index in [1.54, 1.807) is 0 Å². The molecule has 0 aliphatic rings.